The van der Waals surface area contributed by atoms with Gasteiger partial charge in [0.2, 0.25) is 0 Å². The fourth-order valence-electron chi connectivity index (χ4n) is 1.44. The highest BCUT2D eigenvalue weighted by atomic mass is 16.5. The molecule has 1 aromatic carbocycles. The van der Waals surface area contributed by atoms with Gasteiger partial charge in [-0.15, -0.1) is 0 Å². The van der Waals surface area contributed by atoms with Gasteiger partial charge in [0.15, 0.2) is 0 Å². The third-order valence-corrected chi connectivity index (χ3v) is 2.22. The molecule has 1 saturated heterocycles. The van der Waals surface area contributed by atoms with Gasteiger partial charge in [-0.05, 0) is 12.1 Å². The number of anilines is 2. The number of nitrogens with two attached hydrogens (primary N) is 2. The average Bonchev–Trinajstić information content (AvgIpc) is 2.64. The Morgan fingerprint density at radius 2 is 2.21 bits per heavy atom. The summed E-state index contributed by atoms with van der Waals surface area (Å²) in [6.45, 7) is 1.39. The maximum absolute atomic E-state index is 5.75. The van der Waals surface area contributed by atoms with Crippen LogP contribution in [0.15, 0.2) is 18.2 Å². The highest BCUT2D eigenvalue weighted by molar-refractivity contribution is 5.59. The summed E-state index contributed by atoms with van der Waals surface area (Å²) in [5, 5.41) is 0. The molecule has 1 fully saturated rings. The monoisotopic (exact) mass is 194 g/mol. The third kappa shape index (κ3) is 1.90. The van der Waals surface area contributed by atoms with E-state index in [2.05, 4.69) is 0 Å². The van der Waals surface area contributed by atoms with Gasteiger partial charge in [-0.25, -0.2) is 0 Å². The average molecular weight is 194 g/mol. The van der Waals surface area contributed by atoms with Gasteiger partial charge >= 0.3 is 0 Å². The molecule has 1 atom stereocenters. The van der Waals surface area contributed by atoms with Crippen LogP contribution in [0.5, 0.6) is 5.75 Å². The molecule has 1 heterocycles. The van der Waals surface area contributed by atoms with Crippen LogP contribution < -0.4 is 16.2 Å². The third-order valence-electron chi connectivity index (χ3n) is 2.22. The first-order valence-corrected chi connectivity index (χ1v) is 4.65. The molecule has 0 aromatic heterocycles. The second-order valence-corrected chi connectivity index (χ2v) is 3.40. The molecule has 1 aromatic rings. The van der Waals surface area contributed by atoms with Crippen molar-refractivity contribution >= 4 is 11.4 Å². The van der Waals surface area contributed by atoms with Crippen LogP contribution in [0.3, 0.4) is 0 Å². The molecule has 0 saturated carbocycles. The zero-order chi connectivity index (χ0) is 9.97. The minimum absolute atomic E-state index is 0.110. The van der Waals surface area contributed by atoms with Gasteiger partial charge in [-0.1, -0.05) is 0 Å². The number of rotatable bonds is 2. The zero-order valence-corrected chi connectivity index (χ0v) is 7.90. The smallest absolute Gasteiger partial charge is 0.144 e. The van der Waals surface area contributed by atoms with Crippen molar-refractivity contribution in [1.82, 2.24) is 0 Å². The van der Waals surface area contributed by atoms with Gasteiger partial charge in [-0.3, -0.25) is 0 Å². The summed E-state index contributed by atoms with van der Waals surface area (Å²) in [4.78, 5) is 0. The number of ether oxygens (including phenoxy) is 2. The van der Waals surface area contributed by atoms with E-state index in [1.807, 2.05) is 0 Å². The molecule has 1 aliphatic heterocycles. The van der Waals surface area contributed by atoms with Crippen LogP contribution in [0.1, 0.15) is 6.42 Å². The normalized spacial score (nSPS) is 21.0. The van der Waals surface area contributed by atoms with Crippen LogP contribution in [0.25, 0.3) is 0 Å². The standard InChI is InChI=1S/C10H14N2O2/c11-7-1-2-9(12)10(5-7)14-8-3-4-13-6-8/h1-2,5,8H,3-4,6,11-12H2/t8-/m0/s1. The molecule has 76 valence electrons. The first kappa shape index (κ1) is 9.15. The van der Waals surface area contributed by atoms with Crippen LogP contribution >= 0.6 is 0 Å². The van der Waals surface area contributed by atoms with Gasteiger partial charge in [0, 0.05) is 18.2 Å². The van der Waals surface area contributed by atoms with Crippen LogP contribution in [-0.2, 0) is 4.74 Å². The van der Waals surface area contributed by atoms with Gasteiger partial charge < -0.3 is 20.9 Å². The summed E-state index contributed by atoms with van der Waals surface area (Å²) in [5.41, 5.74) is 12.7. The number of nitrogen functional groups attached to an aromatic ring is 2. The molecule has 2 rings (SSSR count). The quantitative estimate of drug-likeness (QED) is 0.689. The van der Waals surface area contributed by atoms with Crippen LogP contribution in [0.4, 0.5) is 11.4 Å². The molecule has 0 bridgehead atoms. The first-order valence-electron chi connectivity index (χ1n) is 4.65. The topological polar surface area (TPSA) is 70.5 Å². The van der Waals surface area contributed by atoms with E-state index >= 15 is 0 Å². The Labute approximate surface area is 82.8 Å². The largest absolute Gasteiger partial charge is 0.486 e. The molecule has 0 amide bonds. The molecule has 0 unspecified atom stereocenters. The summed E-state index contributed by atoms with van der Waals surface area (Å²) in [6.07, 6.45) is 1.02. The lowest BCUT2D eigenvalue weighted by molar-refractivity contribution is 0.142. The van der Waals surface area contributed by atoms with Crippen molar-refractivity contribution < 1.29 is 9.47 Å². The van der Waals surface area contributed by atoms with Crippen molar-refractivity contribution in [2.45, 2.75) is 12.5 Å². The van der Waals surface area contributed by atoms with Crippen molar-refractivity contribution in [2.24, 2.45) is 0 Å². The SMILES string of the molecule is Nc1ccc(N)c(O[C@H]2CCOC2)c1. The lowest BCUT2D eigenvalue weighted by Crippen LogP contribution is -2.16. The van der Waals surface area contributed by atoms with Gasteiger partial charge in [0.1, 0.15) is 11.9 Å². The fourth-order valence-corrected chi connectivity index (χ4v) is 1.44. The lowest BCUT2D eigenvalue weighted by atomic mass is 10.2. The number of benzene rings is 1. The second-order valence-electron chi connectivity index (χ2n) is 3.40. The first-order chi connectivity index (χ1) is 6.75. The molecule has 1 aliphatic rings. The molecule has 4 nitrogen and oxygen atoms in total. The van der Waals surface area contributed by atoms with Crippen LogP contribution in [0, 0.1) is 0 Å². The Kier molecular flexibility index (Phi) is 2.45. The molecule has 0 spiro atoms. The molecule has 0 radical (unpaired) electrons. The molecular formula is C10H14N2O2. The number of hydrogen-bond acceptors (Lipinski definition) is 4. The summed E-state index contributed by atoms with van der Waals surface area (Å²) < 4.78 is 10.9. The molecule has 0 aliphatic carbocycles. The van der Waals surface area contributed by atoms with Gasteiger partial charge in [-0.2, -0.15) is 0 Å². The predicted molar refractivity (Wildman–Crippen MR) is 55.1 cm³/mol. The van der Waals surface area contributed by atoms with E-state index in [1.54, 1.807) is 18.2 Å². The minimum atomic E-state index is 0.110. The number of hydrogen-bond donors (Lipinski definition) is 2. The van der Waals surface area contributed by atoms with Crippen LogP contribution in [0.2, 0.25) is 0 Å². The highest BCUT2D eigenvalue weighted by Gasteiger charge is 2.18. The molecular weight excluding hydrogens is 180 g/mol. The molecule has 4 N–H and O–H groups in total. The highest BCUT2D eigenvalue weighted by Crippen LogP contribution is 2.26. The second kappa shape index (κ2) is 3.75. The van der Waals surface area contributed by atoms with Crippen LogP contribution in [-0.4, -0.2) is 19.3 Å². The Morgan fingerprint density at radius 3 is 2.93 bits per heavy atom. The van der Waals surface area contributed by atoms with E-state index in [1.165, 1.54) is 0 Å². The van der Waals surface area contributed by atoms with E-state index in [4.69, 9.17) is 20.9 Å². The minimum Gasteiger partial charge on any atom is -0.486 e. The van der Waals surface area contributed by atoms with Crippen molar-refractivity contribution in [3.63, 3.8) is 0 Å². The zero-order valence-electron chi connectivity index (χ0n) is 7.90. The predicted octanol–water partition coefficient (Wildman–Crippen LogP) is 1.02. The van der Waals surface area contributed by atoms with Crippen molar-refractivity contribution in [1.29, 1.82) is 0 Å². The molecule has 4 heteroatoms. The Morgan fingerprint density at radius 1 is 1.36 bits per heavy atom. The van der Waals surface area contributed by atoms with E-state index in [-0.39, 0.29) is 6.10 Å². The fraction of sp³-hybridized carbons (Fsp3) is 0.400. The lowest BCUT2D eigenvalue weighted by Gasteiger charge is -2.13. The van der Waals surface area contributed by atoms with Gasteiger partial charge in [0.05, 0.1) is 18.9 Å². The summed E-state index contributed by atoms with van der Waals surface area (Å²) in [5.74, 6) is 0.653. The molecule has 14 heavy (non-hydrogen) atoms. The summed E-state index contributed by atoms with van der Waals surface area (Å²) in [7, 11) is 0. The van der Waals surface area contributed by atoms with E-state index < -0.39 is 0 Å². The van der Waals surface area contributed by atoms with Crippen molar-refractivity contribution in [2.75, 3.05) is 24.7 Å². The van der Waals surface area contributed by atoms with E-state index in [0.29, 0.717) is 23.7 Å². The Balaban J connectivity index is 2.10. The van der Waals surface area contributed by atoms with Gasteiger partial charge in [0.25, 0.3) is 0 Å². The van der Waals surface area contributed by atoms with E-state index in [0.717, 1.165) is 13.0 Å². The van der Waals surface area contributed by atoms with E-state index in [9.17, 15) is 0 Å². The summed E-state index contributed by atoms with van der Waals surface area (Å²) >= 11 is 0. The Bertz CT molecular complexity index is 322. The maximum Gasteiger partial charge on any atom is 0.144 e. The Hall–Kier alpha value is -1.42. The van der Waals surface area contributed by atoms with Crippen molar-refractivity contribution in [3.8, 4) is 5.75 Å². The maximum atomic E-state index is 5.75. The van der Waals surface area contributed by atoms with Crippen molar-refractivity contribution in [3.05, 3.63) is 18.2 Å². The summed E-state index contributed by atoms with van der Waals surface area (Å²) in [6, 6.07) is 5.25.